The zero-order chi connectivity index (χ0) is 19.7. The van der Waals surface area contributed by atoms with Gasteiger partial charge < -0.3 is 14.5 Å². The zero-order valence-corrected chi connectivity index (χ0v) is 15.9. The van der Waals surface area contributed by atoms with E-state index in [-0.39, 0.29) is 23.8 Å². The normalized spacial score (nSPS) is 20.3. The van der Waals surface area contributed by atoms with Crippen LogP contribution in [-0.2, 0) is 11.8 Å². The Balaban J connectivity index is 2.00. The maximum atomic E-state index is 14.4. The highest BCUT2D eigenvalue weighted by Gasteiger charge is 2.38. The number of rotatable bonds is 4. The minimum atomic E-state index is -1.11. The monoisotopic (exact) mass is 378 g/mol. The molecule has 1 aliphatic heterocycles. The number of carbonyl (C=O) groups excluding carboxylic acids is 1. The van der Waals surface area contributed by atoms with E-state index in [0.29, 0.717) is 13.2 Å². The van der Waals surface area contributed by atoms with Crippen LogP contribution in [-0.4, -0.2) is 65.4 Å². The van der Waals surface area contributed by atoms with Crippen molar-refractivity contribution in [3.05, 3.63) is 52.9 Å². The molecule has 0 N–H and O–H groups in total. The quantitative estimate of drug-likeness (QED) is 0.818. The lowest BCUT2D eigenvalue weighted by atomic mass is 9.99. The van der Waals surface area contributed by atoms with Gasteiger partial charge in [0.15, 0.2) is 11.6 Å². The molecule has 146 valence electrons. The number of benzene rings is 1. The number of amides is 1. The first-order chi connectivity index (χ1) is 12.8. The number of morpholine rings is 1. The van der Waals surface area contributed by atoms with Crippen LogP contribution in [0.5, 0.6) is 0 Å². The Morgan fingerprint density at radius 3 is 2.70 bits per heavy atom. The Labute approximate surface area is 157 Å². The fourth-order valence-electron chi connectivity index (χ4n) is 3.43. The fourth-order valence-corrected chi connectivity index (χ4v) is 3.43. The summed E-state index contributed by atoms with van der Waals surface area (Å²) in [5.74, 6) is -2.65. The molecular formula is C19H24F2N4O2. The van der Waals surface area contributed by atoms with Crippen molar-refractivity contribution in [2.45, 2.75) is 19.1 Å². The first-order valence-electron chi connectivity index (χ1n) is 8.80. The highest BCUT2D eigenvalue weighted by Crippen LogP contribution is 2.32. The summed E-state index contributed by atoms with van der Waals surface area (Å²) in [6.07, 6.45) is 3.18. The summed E-state index contributed by atoms with van der Waals surface area (Å²) in [6.45, 7) is 2.66. The summed E-state index contributed by atoms with van der Waals surface area (Å²) >= 11 is 0. The largest absolute Gasteiger partial charge is 0.373 e. The average molecular weight is 378 g/mol. The summed E-state index contributed by atoms with van der Waals surface area (Å²) in [5, 5.41) is 4.19. The Morgan fingerprint density at radius 2 is 2.07 bits per heavy atom. The van der Waals surface area contributed by atoms with Crippen molar-refractivity contribution in [2.24, 2.45) is 7.05 Å². The molecule has 8 heteroatoms. The predicted octanol–water partition coefficient (Wildman–Crippen LogP) is 2.15. The van der Waals surface area contributed by atoms with Gasteiger partial charge in [-0.3, -0.25) is 9.48 Å². The minimum absolute atomic E-state index is 0.167. The Bertz CT molecular complexity index is 837. The van der Waals surface area contributed by atoms with Gasteiger partial charge in [0.25, 0.3) is 5.91 Å². The van der Waals surface area contributed by atoms with E-state index >= 15 is 0 Å². The number of likely N-dealkylation sites (N-methyl/N-ethyl adjacent to an activating group) is 1. The number of aromatic nitrogens is 2. The molecule has 0 bridgehead atoms. The first kappa shape index (κ1) is 19.4. The molecule has 0 saturated carbocycles. The van der Waals surface area contributed by atoms with Gasteiger partial charge >= 0.3 is 0 Å². The molecule has 6 nitrogen and oxygen atoms in total. The number of hydrogen-bond donors (Lipinski definition) is 0. The van der Waals surface area contributed by atoms with Crippen molar-refractivity contribution in [2.75, 3.05) is 33.8 Å². The summed E-state index contributed by atoms with van der Waals surface area (Å²) in [5.41, 5.74) is 0.697. The van der Waals surface area contributed by atoms with Crippen LogP contribution in [0.2, 0.25) is 0 Å². The molecule has 0 spiro atoms. The second-order valence-corrected chi connectivity index (χ2v) is 7.12. The van der Waals surface area contributed by atoms with Crippen LogP contribution in [0.15, 0.2) is 24.5 Å². The maximum Gasteiger partial charge on any atom is 0.257 e. The van der Waals surface area contributed by atoms with Gasteiger partial charge in [0.1, 0.15) is 0 Å². The Kier molecular flexibility index (Phi) is 5.57. The van der Waals surface area contributed by atoms with E-state index < -0.39 is 23.6 Å². The number of hydrogen-bond acceptors (Lipinski definition) is 4. The van der Waals surface area contributed by atoms with E-state index in [2.05, 4.69) is 5.10 Å². The number of carbonyl (C=O) groups is 1. The van der Waals surface area contributed by atoms with Gasteiger partial charge in [-0.1, -0.05) is 6.07 Å². The number of nitrogens with zero attached hydrogens (tertiary/aromatic N) is 4. The molecule has 1 saturated heterocycles. The van der Waals surface area contributed by atoms with E-state index in [0.717, 1.165) is 5.56 Å². The molecule has 0 unspecified atom stereocenters. The molecule has 2 aromatic rings. The van der Waals surface area contributed by atoms with Gasteiger partial charge in [-0.15, -0.1) is 0 Å². The second-order valence-electron chi connectivity index (χ2n) is 7.12. The number of aryl methyl sites for hydroxylation is 2. The summed E-state index contributed by atoms with van der Waals surface area (Å²) in [6, 6.07) is 2.32. The Morgan fingerprint density at radius 1 is 1.33 bits per heavy atom. The smallest absolute Gasteiger partial charge is 0.257 e. The van der Waals surface area contributed by atoms with Crippen molar-refractivity contribution in [3.63, 3.8) is 0 Å². The lowest BCUT2D eigenvalue weighted by Gasteiger charge is -2.41. The topological polar surface area (TPSA) is 50.6 Å². The molecular weight excluding hydrogens is 354 g/mol. The summed E-state index contributed by atoms with van der Waals surface area (Å²) in [4.78, 5) is 16.7. The van der Waals surface area contributed by atoms with E-state index in [1.807, 2.05) is 25.2 Å². The molecule has 1 aliphatic rings. The van der Waals surface area contributed by atoms with Crippen LogP contribution in [0.3, 0.4) is 0 Å². The third-order valence-electron chi connectivity index (χ3n) is 4.73. The number of ether oxygens (including phenoxy) is 1. The summed E-state index contributed by atoms with van der Waals surface area (Å²) < 4.78 is 36.0. The average Bonchev–Trinajstić information content (AvgIpc) is 3.04. The van der Waals surface area contributed by atoms with E-state index in [4.69, 9.17) is 4.74 Å². The zero-order valence-electron chi connectivity index (χ0n) is 15.9. The molecule has 2 heterocycles. The predicted molar refractivity (Wildman–Crippen MR) is 96.4 cm³/mol. The lowest BCUT2D eigenvalue weighted by molar-refractivity contribution is -0.0686. The molecule has 0 radical (unpaired) electrons. The minimum Gasteiger partial charge on any atom is -0.373 e. The molecule has 1 aromatic carbocycles. The first-order valence-corrected chi connectivity index (χ1v) is 8.80. The second kappa shape index (κ2) is 7.74. The van der Waals surface area contributed by atoms with E-state index in [1.165, 1.54) is 19.1 Å². The maximum absolute atomic E-state index is 14.4. The highest BCUT2D eigenvalue weighted by molar-refractivity contribution is 5.95. The van der Waals surface area contributed by atoms with Gasteiger partial charge in [0.2, 0.25) is 0 Å². The van der Waals surface area contributed by atoms with Gasteiger partial charge in [-0.25, -0.2) is 8.78 Å². The van der Waals surface area contributed by atoms with Gasteiger partial charge in [0, 0.05) is 31.9 Å². The fraction of sp³-hybridized carbons (Fsp3) is 0.474. The molecule has 1 fully saturated rings. The molecule has 3 rings (SSSR count). The van der Waals surface area contributed by atoms with E-state index in [9.17, 15) is 13.6 Å². The van der Waals surface area contributed by atoms with Gasteiger partial charge in [-0.2, -0.15) is 5.10 Å². The Hall–Kier alpha value is -2.32. The van der Waals surface area contributed by atoms with Crippen LogP contribution in [0.4, 0.5) is 8.78 Å². The van der Waals surface area contributed by atoms with Crippen molar-refractivity contribution in [1.82, 2.24) is 19.6 Å². The van der Waals surface area contributed by atoms with Crippen molar-refractivity contribution in [3.8, 4) is 0 Å². The molecule has 2 atom stereocenters. The third-order valence-corrected chi connectivity index (χ3v) is 4.73. The lowest BCUT2D eigenvalue weighted by Crippen LogP contribution is -2.51. The van der Waals surface area contributed by atoms with Crippen LogP contribution >= 0.6 is 0 Å². The van der Waals surface area contributed by atoms with Gasteiger partial charge in [-0.05, 0) is 32.6 Å². The van der Waals surface area contributed by atoms with Crippen LogP contribution < -0.4 is 0 Å². The number of halogens is 2. The molecule has 1 aromatic heterocycles. The molecule has 27 heavy (non-hydrogen) atoms. The highest BCUT2D eigenvalue weighted by atomic mass is 19.2. The van der Waals surface area contributed by atoms with Gasteiger partial charge in [0.05, 0.1) is 30.5 Å². The SMILES string of the molecule is Cc1ccc(C(=O)N2CCO[C@@H](CN(C)C)[C@@H]2c2cnn(C)c2)c(F)c1F. The van der Waals surface area contributed by atoms with E-state index in [1.54, 1.807) is 22.8 Å². The summed E-state index contributed by atoms with van der Waals surface area (Å²) in [7, 11) is 5.62. The van der Waals surface area contributed by atoms with Crippen LogP contribution in [0, 0.1) is 18.6 Å². The van der Waals surface area contributed by atoms with Crippen LogP contribution in [0.1, 0.15) is 27.5 Å². The van der Waals surface area contributed by atoms with Crippen molar-refractivity contribution in [1.29, 1.82) is 0 Å². The molecule has 1 amide bonds. The third kappa shape index (κ3) is 3.86. The standard InChI is InChI=1S/C19H24F2N4O2/c1-12-5-6-14(17(21)16(12)20)19(26)25-7-8-27-15(11-23(2)3)18(25)13-9-22-24(4)10-13/h5-6,9-10,15,18H,7-8,11H2,1-4H3/t15-,18-/m0/s1. The van der Waals surface area contributed by atoms with Crippen LogP contribution in [0.25, 0.3) is 0 Å². The molecule has 0 aliphatic carbocycles. The van der Waals surface area contributed by atoms with Crippen molar-refractivity contribution >= 4 is 5.91 Å². The van der Waals surface area contributed by atoms with Crippen molar-refractivity contribution < 1.29 is 18.3 Å².